The lowest BCUT2D eigenvalue weighted by molar-refractivity contribution is -0.146. The highest BCUT2D eigenvalue weighted by molar-refractivity contribution is 5.86. The third-order valence-electron chi connectivity index (χ3n) is 2.60. The first-order valence-corrected chi connectivity index (χ1v) is 7.25. The van der Waals surface area contributed by atoms with E-state index in [4.69, 9.17) is 4.74 Å². The largest absolute Gasteiger partial charge is 0.466 e. The number of carbonyl (C=O) groups is 3. The Morgan fingerprint density at radius 2 is 1.75 bits per heavy atom. The van der Waals surface area contributed by atoms with Crippen LogP contribution < -0.4 is 5.32 Å². The van der Waals surface area contributed by atoms with Crippen LogP contribution in [-0.2, 0) is 19.1 Å². The van der Waals surface area contributed by atoms with E-state index in [0.29, 0.717) is 19.7 Å². The van der Waals surface area contributed by atoms with Crippen molar-refractivity contribution in [3.63, 3.8) is 0 Å². The zero-order valence-electron chi connectivity index (χ0n) is 12.7. The predicted molar refractivity (Wildman–Crippen MR) is 76.0 cm³/mol. The minimum absolute atomic E-state index is 0.0511. The average Bonchev–Trinajstić information content (AvgIpc) is 2.42. The molecular formula is C14H26N2O4. The molecule has 0 aliphatic heterocycles. The molecular weight excluding hydrogens is 260 g/mol. The van der Waals surface area contributed by atoms with Crippen molar-refractivity contribution in [3.8, 4) is 0 Å². The van der Waals surface area contributed by atoms with Crippen molar-refractivity contribution in [2.45, 2.75) is 46.5 Å². The number of rotatable bonds is 10. The first-order valence-electron chi connectivity index (χ1n) is 7.25. The minimum Gasteiger partial charge on any atom is -0.466 e. The first-order chi connectivity index (χ1) is 9.54. The fourth-order valence-electron chi connectivity index (χ4n) is 1.66. The molecule has 0 aromatic carbocycles. The van der Waals surface area contributed by atoms with Crippen molar-refractivity contribution in [1.29, 1.82) is 0 Å². The van der Waals surface area contributed by atoms with Gasteiger partial charge in [0.25, 0.3) is 0 Å². The number of nitrogens with zero attached hydrogens (tertiary/aromatic N) is 1. The molecule has 2 amide bonds. The molecule has 6 nitrogen and oxygen atoms in total. The predicted octanol–water partition coefficient (Wildman–Crippen LogP) is 1.09. The molecule has 0 unspecified atom stereocenters. The van der Waals surface area contributed by atoms with Gasteiger partial charge in [-0.1, -0.05) is 13.8 Å². The molecule has 0 spiro atoms. The SMILES string of the molecule is CCCNC(=O)CN(CCC)C(=O)CCC(=O)OCC. The van der Waals surface area contributed by atoms with Gasteiger partial charge in [-0.3, -0.25) is 14.4 Å². The quantitative estimate of drug-likeness (QED) is 0.610. The summed E-state index contributed by atoms with van der Waals surface area (Å²) in [4.78, 5) is 36.3. The van der Waals surface area contributed by atoms with Gasteiger partial charge in [0.2, 0.25) is 11.8 Å². The van der Waals surface area contributed by atoms with Gasteiger partial charge in [0, 0.05) is 19.5 Å². The van der Waals surface area contributed by atoms with Crippen molar-refractivity contribution in [2.24, 2.45) is 0 Å². The Bertz CT molecular complexity index is 318. The molecule has 0 fully saturated rings. The molecule has 0 atom stereocenters. The molecule has 0 bridgehead atoms. The van der Waals surface area contributed by atoms with Crippen molar-refractivity contribution >= 4 is 17.8 Å². The molecule has 6 heteroatoms. The number of amides is 2. The van der Waals surface area contributed by atoms with E-state index < -0.39 is 0 Å². The molecule has 0 saturated carbocycles. The van der Waals surface area contributed by atoms with E-state index in [9.17, 15) is 14.4 Å². The Labute approximate surface area is 120 Å². The lowest BCUT2D eigenvalue weighted by Crippen LogP contribution is -2.41. The summed E-state index contributed by atoms with van der Waals surface area (Å²) in [5.41, 5.74) is 0. The lowest BCUT2D eigenvalue weighted by atomic mass is 10.2. The number of esters is 1. The molecule has 0 aliphatic rings. The summed E-state index contributed by atoms with van der Waals surface area (Å²) >= 11 is 0. The van der Waals surface area contributed by atoms with Crippen molar-refractivity contribution in [3.05, 3.63) is 0 Å². The molecule has 0 aromatic heterocycles. The second kappa shape index (κ2) is 11.3. The third kappa shape index (κ3) is 8.50. The maximum atomic E-state index is 12.0. The Morgan fingerprint density at radius 3 is 2.30 bits per heavy atom. The van der Waals surface area contributed by atoms with Gasteiger partial charge in [-0.25, -0.2) is 0 Å². The van der Waals surface area contributed by atoms with E-state index in [1.54, 1.807) is 6.92 Å². The van der Waals surface area contributed by atoms with Crippen LogP contribution in [0.15, 0.2) is 0 Å². The molecule has 1 N–H and O–H groups in total. The average molecular weight is 286 g/mol. The Morgan fingerprint density at radius 1 is 1.05 bits per heavy atom. The normalized spacial score (nSPS) is 9.95. The number of nitrogens with one attached hydrogen (secondary N) is 1. The van der Waals surface area contributed by atoms with E-state index in [0.717, 1.165) is 12.8 Å². The molecule has 0 aliphatic carbocycles. The topological polar surface area (TPSA) is 75.7 Å². The summed E-state index contributed by atoms with van der Waals surface area (Å²) in [6.07, 6.45) is 1.77. The zero-order chi connectivity index (χ0) is 15.4. The van der Waals surface area contributed by atoms with Crippen LogP contribution in [0.3, 0.4) is 0 Å². The van der Waals surface area contributed by atoms with E-state index in [1.807, 2.05) is 13.8 Å². The molecule has 0 radical (unpaired) electrons. The summed E-state index contributed by atoms with van der Waals surface area (Å²) in [5, 5.41) is 2.74. The number of ether oxygens (including phenoxy) is 1. The summed E-state index contributed by atoms with van der Waals surface area (Å²) < 4.78 is 4.78. The van der Waals surface area contributed by atoms with Crippen LogP contribution in [0.1, 0.15) is 46.5 Å². The molecule has 0 rings (SSSR count). The first kappa shape index (κ1) is 18.4. The monoisotopic (exact) mass is 286 g/mol. The van der Waals surface area contributed by atoms with Gasteiger partial charge >= 0.3 is 5.97 Å². The highest BCUT2D eigenvalue weighted by Gasteiger charge is 2.17. The smallest absolute Gasteiger partial charge is 0.306 e. The van der Waals surface area contributed by atoms with Crippen LogP contribution in [0.25, 0.3) is 0 Å². The van der Waals surface area contributed by atoms with E-state index in [2.05, 4.69) is 5.32 Å². The van der Waals surface area contributed by atoms with Gasteiger partial charge in [-0.15, -0.1) is 0 Å². The molecule has 0 aromatic rings. The van der Waals surface area contributed by atoms with Gasteiger partial charge in [0.15, 0.2) is 0 Å². The second-order valence-electron chi connectivity index (χ2n) is 4.47. The van der Waals surface area contributed by atoms with E-state index >= 15 is 0 Å². The van der Waals surface area contributed by atoms with Crippen LogP contribution in [0.2, 0.25) is 0 Å². The molecule has 116 valence electrons. The lowest BCUT2D eigenvalue weighted by Gasteiger charge is -2.21. The third-order valence-corrected chi connectivity index (χ3v) is 2.60. The van der Waals surface area contributed by atoms with E-state index in [1.165, 1.54) is 4.90 Å². The van der Waals surface area contributed by atoms with Crippen LogP contribution >= 0.6 is 0 Å². The molecule has 0 heterocycles. The standard InChI is InChI=1S/C14H26N2O4/c1-4-9-15-12(17)11-16(10-5-2)13(18)7-8-14(19)20-6-3/h4-11H2,1-3H3,(H,15,17). The van der Waals surface area contributed by atoms with Crippen LogP contribution in [0, 0.1) is 0 Å². The highest BCUT2D eigenvalue weighted by atomic mass is 16.5. The maximum absolute atomic E-state index is 12.0. The van der Waals surface area contributed by atoms with Crippen molar-refractivity contribution in [2.75, 3.05) is 26.2 Å². The number of hydrogen-bond donors (Lipinski definition) is 1. The summed E-state index contributed by atoms with van der Waals surface area (Å²) in [7, 11) is 0. The maximum Gasteiger partial charge on any atom is 0.306 e. The second-order valence-corrected chi connectivity index (χ2v) is 4.47. The van der Waals surface area contributed by atoms with Gasteiger partial charge < -0.3 is 15.0 Å². The Kier molecular flexibility index (Phi) is 10.4. The Balaban J connectivity index is 4.24. The fourth-order valence-corrected chi connectivity index (χ4v) is 1.66. The van der Waals surface area contributed by atoms with Gasteiger partial charge in [-0.05, 0) is 19.8 Å². The zero-order valence-corrected chi connectivity index (χ0v) is 12.7. The van der Waals surface area contributed by atoms with Gasteiger partial charge in [-0.2, -0.15) is 0 Å². The van der Waals surface area contributed by atoms with Crippen LogP contribution in [0.4, 0.5) is 0 Å². The van der Waals surface area contributed by atoms with E-state index in [-0.39, 0.29) is 37.2 Å². The van der Waals surface area contributed by atoms with Gasteiger partial charge in [0.05, 0.1) is 19.6 Å². The van der Waals surface area contributed by atoms with Gasteiger partial charge in [0.1, 0.15) is 0 Å². The summed E-state index contributed by atoms with van der Waals surface area (Å²) in [6, 6.07) is 0. The van der Waals surface area contributed by atoms with Crippen LogP contribution in [-0.4, -0.2) is 48.9 Å². The van der Waals surface area contributed by atoms with Crippen molar-refractivity contribution in [1.82, 2.24) is 10.2 Å². The van der Waals surface area contributed by atoms with Crippen LogP contribution in [0.5, 0.6) is 0 Å². The highest BCUT2D eigenvalue weighted by Crippen LogP contribution is 2.01. The number of carbonyl (C=O) groups excluding carboxylic acids is 3. The number of hydrogen-bond acceptors (Lipinski definition) is 4. The molecule has 0 saturated heterocycles. The minimum atomic E-state index is -0.382. The molecule has 20 heavy (non-hydrogen) atoms. The Hall–Kier alpha value is -1.59. The summed E-state index contributed by atoms with van der Waals surface area (Å²) in [6.45, 7) is 7.11. The van der Waals surface area contributed by atoms with Crippen molar-refractivity contribution < 1.29 is 19.1 Å². The summed E-state index contributed by atoms with van der Waals surface area (Å²) in [5.74, 6) is -0.732. The fraction of sp³-hybridized carbons (Fsp3) is 0.786.